The van der Waals surface area contributed by atoms with Crippen LogP contribution in [0, 0.1) is 0 Å². The molecule has 3 N–H and O–H groups in total. The van der Waals surface area contributed by atoms with Gasteiger partial charge in [0.1, 0.15) is 5.75 Å². The van der Waals surface area contributed by atoms with Crippen LogP contribution < -0.4 is 5.73 Å². The highest BCUT2D eigenvalue weighted by atomic mass is 19.4. The summed E-state index contributed by atoms with van der Waals surface area (Å²) in [4.78, 5) is 10.6. The van der Waals surface area contributed by atoms with Crippen molar-refractivity contribution >= 4 is 5.91 Å². The standard InChI is InChI=1S/C8H6F3NO2/c9-8(10,11)6-3-4(13)1-2-5(6)7(12)14/h1-3,13H,(H2,12,14). The number of carbonyl (C=O) groups is 1. The van der Waals surface area contributed by atoms with Gasteiger partial charge >= 0.3 is 6.18 Å². The van der Waals surface area contributed by atoms with Crippen LogP contribution in [0.4, 0.5) is 13.2 Å². The Bertz CT molecular complexity index is 373. The van der Waals surface area contributed by atoms with Crippen LogP contribution in [0.2, 0.25) is 0 Å². The van der Waals surface area contributed by atoms with Crippen LogP contribution in [-0.2, 0) is 6.18 Å². The van der Waals surface area contributed by atoms with Crippen LogP contribution in [0.25, 0.3) is 0 Å². The maximum absolute atomic E-state index is 12.3. The number of nitrogens with two attached hydrogens (primary N) is 1. The number of phenols is 1. The number of carbonyl (C=O) groups excluding carboxylic acids is 1. The number of primary amides is 1. The summed E-state index contributed by atoms with van der Waals surface area (Å²) in [5, 5.41) is 8.83. The van der Waals surface area contributed by atoms with Crippen LogP contribution in [0.1, 0.15) is 15.9 Å². The van der Waals surface area contributed by atoms with E-state index >= 15 is 0 Å². The molecule has 1 aromatic rings. The van der Waals surface area contributed by atoms with E-state index in [1.807, 2.05) is 0 Å². The molecule has 1 rings (SSSR count). The van der Waals surface area contributed by atoms with E-state index in [1.54, 1.807) is 0 Å². The molecule has 0 fully saturated rings. The molecule has 0 unspecified atom stereocenters. The van der Waals surface area contributed by atoms with Crippen molar-refractivity contribution in [3.63, 3.8) is 0 Å². The summed E-state index contributed by atoms with van der Waals surface area (Å²) in [5.41, 5.74) is 2.85. The number of phenolic OH excluding ortho intramolecular Hbond substituents is 1. The summed E-state index contributed by atoms with van der Waals surface area (Å²) in [6.45, 7) is 0. The van der Waals surface area contributed by atoms with Crippen molar-refractivity contribution in [2.75, 3.05) is 0 Å². The number of benzene rings is 1. The van der Waals surface area contributed by atoms with Gasteiger partial charge in [-0.25, -0.2) is 0 Å². The van der Waals surface area contributed by atoms with E-state index in [0.717, 1.165) is 12.1 Å². The van der Waals surface area contributed by atoms with Gasteiger partial charge in [0, 0.05) is 0 Å². The van der Waals surface area contributed by atoms with Gasteiger partial charge in [0.15, 0.2) is 0 Å². The molecule has 0 aromatic heterocycles. The molecule has 1 amide bonds. The minimum Gasteiger partial charge on any atom is -0.508 e. The predicted molar refractivity (Wildman–Crippen MR) is 41.6 cm³/mol. The number of aromatic hydroxyl groups is 1. The van der Waals surface area contributed by atoms with Crippen molar-refractivity contribution in [3.8, 4) is 5.75 Å². The second-order valence-electron chi connectivity index (χ2n) is 2.59. The van der Waals surface area contributed by atoms with E-state index < -0.39 is 29.0 Å². The Morgan fingerprint density at radius 3 is 2.36 bits per heavy atom. The van der Waals surface area contributed by atoms with Gasteiger partial charge in [-0.05, 0) is 18.2 Å². The molecule has 0 saturated heterocycles. The van der Waals surface area contributed by atoms with E-state index in [2.05, 4.69) is 0 Å². The van der Waals surface area contributed by atoms with Gasteiger partial charge in [-0.15, -0.1) is 0 Å². The number of hydrogen-bond donors (Lipinski definition) is 2. The van der Waals surface area contributed by atoms with Crippen molar-refractivity contribution in [1.29, 1.82) is 0 Å². The summed E-state index contributed by atoms with van der Waals surface area (Å²) in [7, 11) is 0. The SMILES string of the molecule is NC(=O)c1ccc(O)cc1C(F)(F)F. The van der Waals surface area contributed by atoms with E-state index in [-0.39, 0.29) is 0 Å². The van der Waals surface area contributed by atoms with Crippen LogP contribution >= 0.6 is 0 Å². The fraction of sp³-hybridized carbons (Fsp3) is 0.125. The maximum atomic E-state index is 12.3. The Labute approximate surface area is 77.0 Å². The molecule has 1 aromatic carbocycles. The molecule has 0 bridgehead atoms. The average molecular weight is 205 g/mol. The Morgan fingerprint density at radius 2 is 1.93 bits per heavy atom. The number of amides is 1. The lowest BCUT2D eigenvalue weighted by Gasteiger charge is -2.10. The third-order valence-electron chi connectivity index (χ3n) is 1.57. The van der Waals surface area contributed by atoms with Crippen LogP contribution in [0.5, 0.6) is 5.75 Å². The van der Waals surface area contributed by atoms with Gasteiger partial charge in [0.2, 0.25) is 5.91 Å². The minimum absolute atomic E-state index is 0.458. The first-order chi connectivity index (χ1) is 6.32. The fourth-order valence-corrected chi connectivity index (χ4v) is 0.982. The van der Waals surface area contributed by atoms with Gasteiger partial charge in [-0.2, -0.15) is 13.2 Å². The normalized spacial score (nSPS) is 11.4. The van der Waals surface area contributed by atoms with Crippen molar-refractivity contribution < 1.29 is 23.1 Å². The monoisotopic (exact) mass is 205 g/mol. The zero-order valence-electron chi connectivity index (χ0n) is 6.80. The molecule has 0 aliphatic carbocycles. The minimum atomic E-state index is -4.71. The van der Waals surface area contributed by atoms with Gasteiger partial charge in [0.25, 0.3) is 0 Å². The lowest BCUT2D eigenvalue weighted by molar-refractivity contribution is -0.138. The number of rotatable bonds is 1. The summed E-state index contributed by atoms with van der Waals surface area (Å²) in [6, 6.07) is 2.26. The smallest absolute Gasteiger partial charge is 0.417 e. The van der Waals surface area contributed by atoms with E-state index in [4.69, 9.17) is 10.8 Å². The third-order valence-corrected chi connectivity index (χ3v) is 1.57. The van der Waals surface area contributed by atoms with Crippen molar-refractivity contribution in [1.82, 2.24) is 0 Å². The summed E-state index contributed by atoms with van der Waals surface area (Å²) in [5.74, 6) is -1.75. The average Bonchev–Trinajstić information content (AvgIpc) is 2.01. The third kappa shape index (κ3) is 1.95. The van der Waals surface area contributed by atoms with Gasteiger partial charge in [0.05, 0.1) is 11.1 Å². The molecule has 3 nitrogen and oxygen atoms in total. The molecule has 0 atom stereocenters. The zero-order chi connectivity index (χ0) is 10.9. The lowest BCUT2D eigenvalue weighted by atomic mass is 10.1. The molecule has 0 saturated carbocycles. The van der Waals surface area contributed by atoms with E-state index in [0.29, 0.717) is 6.07 Å². The largest absolute Gasteiger partial charge is 0.508 e. The van der Waals surface area contributed by atoms with Crippen LogP contribution in [0.15, 0.2) is 18.2 Å². The highest BCUT2D eigenvalue weighted by Gasteiger charge is 2.35. The first-order valence-corrected chi connectivity index (χ1v) is 3.52. The van der Waals surface area contributed by atoms with Gasteiger partial charge in [-0.3, -0.25) is 4.79 Å². The Kier molecular flexibility index (Phi) is 2.37. The zero-order valence-corrected chi connectivity index (χ0v) is 6.80. The molecule has 0 aliphatic heterocycles. The second kappa shape index (κ2) is 3.21. The van der Waals surface area contributed by atoms with Crippen molar-refractivity contribution in [2.45, 2.75) is 6.18 Å². The first kappa shape index (κ1) is 10.4. The highest BCUT2D eigenvalue weighted by molar-refractivity contribution is 5.94. The molecule has 0 radical (unpaired) electrons. The fourth-order valence-electron chi connectivity index (χ4n) is 0.982. The maximum Gasteiger partial charge on any atom is 0.417 e. The molecular formula is C8H6F3NO2. The van der Waals surface area contributed by atoms with Crippen molar-refractivity contribution in [3.05, 3.63) is 29.3 Å². The molecule has 0 aliphatic rings. The molecule has 0 spiro atoms. The predicted octanol–water partition coefficient (Wildman–Crippen LogP) is 1.51. The van der Waals surface area contributed by atoms with Gasteiger partial charge < -0.3 is 10.8 Å². The van der Waals surface area contributed by atoms with Crippen LogP contribution in [0.3, 0.4) is 0 Å². The lowest BCUT2D eigenvalue weighted by Crippen LogP contribution is -2.18. The highest BCUT2D eigenvalue weighted by Crippen LogP contribution is 2.33. The molecule has 76 valence electrons. The van der Waals surface area contributed by atoms with E-state index in [1.165, 1.54) is 0 Å². The van der Waals surface area contributed by atoms with Gasteiger partial charge in [-0.1, -0.05) is 0 Å². The number of halogens is 3. The second-order valence-corrected chi connectivity index (χ2v) is 2.59. The molecular weight excluding hydrogens is 199 g/mol. The summed E-state index contributed by atoms with van der Waals surface area (Å²) in [6.07, 6.45) is -4.71. The van der Waals surface area contributed by atoms with E-state index in [9.17, 15) is 18.0 Å². The molecule has 0 heterocycles. The molecule has 14 heavy (non-hydrogen) atoms. The summed E-state index contributed by atoms with van der Waals surface area (Å²) >= 11 is 0. The van der Waals surface area contributed by atoms with Crippen molar-refractivity contribution in [2.24, 2.45) is 5.73 Å². The van der Waals surface area contributed by atoms with Crippen LogP contribution in [-0.4, -0.2) is 11.0 Å². The first-order valence-electron chi connectivity index (χ1n) is 3.52. The molecule has 6 heteroatoms. The topological polar surface area (TPSA) is 63.3 Å². The Hall–Kier alpha value is -1.72. The number of alkyl halides is 3. The number of hydrogen-bond acceptors (Lipinski definition) is 2. The quantitative estimate of drug-likeness (QED) is 0.729. The Balaban J connectivity index is 3.38. The Morgan fingerprint density at radius 1 is 1.36 bits per heavy atom. The summed E-state index contributed by atoms with van der Waals surface area (Å²) < 4.78 is 36.8.